The van der Waals surface area contributed by atoms with Gasteiger partial charge < -0.3 is 14.6 Å². The van der Waals surface area contributed by atoms with Gasteiger partial charge in [0.25, 0.3) is 0 Å². The molecule has 3 fully saturated rings. The lowest BCUT2D eigenvalue weighted by Gasteiger charge is -2.22. The average molecular weight is 353 g/mol. The van der Waals surface area contributed by atoms with E-state index in [0.29, 0.717) is 23.3 Å². The van der Waals surface area contributed by atoms with Crippen molar-refractivity contribution in [3.05, 3.63) is 30.2 Å². The van der Waals surface area contributed by atoms with Crippen molar-refractivity contribution in [1.29, 1.82) is 0 Å². The van der Waals surface area contributed by atoms with E-state index in [0.717, 1.165) is 30.3 Å². The number of nitrogens with one attached hydrogen (secondary N) is 1. The van der Waals surface area contributed by atoms with E-state index < -0.39 is 0 Å². The minimum atomic E-state index is 0.375. The first-order valence-electron chi connectivity index (χ1n) is 10.1. The number of hydrogen-bond acceptors (Lipinski definition) is 5. The molecule has 0 amide bonds. The normalized spacial score (nSPS) is 29.0. The average Bonchev–Trinajstić information content (AvgIpc) is 3.15. The molecule has 5 nitrogen and oxygen atoms in total. The molecule has 2 atom stereocenters. The molecule has 1 aromatic carbocycles. The van der Waals surface area contributed by atoms with Gasteiger partial charge >= 0.3 is 0 Å². The van der Waals surface area contributed by atoms with E-state index in [4.69, 9.17) is 14.2 Å². The van der Waals surface area contributed by atoms with Crippen LogP contribution in [0.3, 0.4) is 0 Å². The van der Waals surface area contributed by atoms with Crippen LogP contribution in [-0.4, -0.2) is 29.3 Å². The number of benzene rings is 1. The summed E-state index contributed by atoms with van der Waals surface area (Å²) in [7, 11) is 0. The maximum atomic E-state index is 6.10. The Labute approximate surface area is 154 Å². The van der Waals surface area contributed by atoms with Gasteiger partial charge in [0.15, 0.2) is 0 Å². The zero-order valence-electron chi connectivity index (χ0n) is 15.2. The lowest BCUT2D eigenvalue weighted by Crippen LogP contribution is -2.31. The second-order valence-electron chi connectivity index (χ2n) is 8.26. The van der Waals surface area contributed by atoms with Crippen LogP contribution in [0.1, 0.15) is 63.2 Å². The summed E-state index contributed by atoms with van der Waals surface area (Å²) in [5.41, 5.74) is 1.37. The first-order valence-corrected chi connectivity index (χ1v) is 10.1. The molecule has 2 aromatic rings. The molecule has 0 bridgehead atoms. The van der Waals surface area contributed by atoms with Crippen LogP contribution in [0.2, 0.25) is 0 Å². The van der Waals surface area contributed by atoms with E-state index in [1.54, 1.807) is 0 Å². The Morgan fingerprint density at radius 2 is 1.92 bits per heavy atom. The third-order valence-electron chi connectivity index (χ3n) is 6.40. The fraction of sp³-hybridized carbons (Fsp3) is 0.619. The van der Waals surface area contributed by atoms with Crippen molar-refractivity contribution in [2.24, 2.45) is 5.41 Å². The van der Waals surface area contributed by atoms with Crippen LogP contribution in [0.4, 0.5) is 0 Å². The molecule has 1 saturated heterocycles. The molecule has 26 heavy (non-hydrogen) atoms. The fourth-order valence-corrected chi connectivity index (χ4v) is 4.71. The third-order valence-corrected chi connectivity index (χ3v) is 6.40. The predicted octanol–water partition coefficient (Wildman–Crippen LogP) is 4.31. The molecule has 2 unspecified atom stereocenters. The van der Waals surface area contributed by atoms with Gasteiger partial charge in [-0.15, -0.1) is 0 Å². The van der Waals surface area contributed by atoms with Gasteiger partial charge in [0, 0.05) is 18.0 Å². The summed E-state index contributed by atoms with van der Waals surface area (Å²) in [4.78, 5) is 4.69. The van der Waals surface area contributed by atoms with Crippen molar-refractivity contribution in [1.82, 2.24) is 15.5 Å². The summed E-state index contributed by atoms with van der Waals surface area (Å²) in [6.07, 6.45) is 10.3. The summed E-state index contributed by atoms with van der Waals surface area (Å²) in [6.45, 7) is 2.22. The standard InChI is InChI=1S/C21H27N3O2/c1-2-5-16(6-3-1)25-17-9-7-15(8-10-17)19-23-20(26-24-19)18-13-21(18)11-4-12-22-14-21/h7-10,16,18,22H,1-6,11-14H2. The molecule has 1 N–H and O–H groups in total. The van der Waals surface area contributed by atoms with Crippen molar-refractivity contribution >= 4 is 0 Å². The van der Waals surface area contributed by atoms with Gasteiger partial charge in [0.1, 0.15) is 5.75 Å². The van der Waals surface area contributed by atoms with Gasteiger partial charge in [-0.05, 0) is 81.2 Å². The second kappa shape index (κ2) is 6.69. The van der Waals surface area contributed by atoms with Gasteiger partial charge in [-0.2, -0.15) is 4.98 Å². The summed E-state index contributed by atoms with van der Waals surface area (Å²) in [5, 5.41) is 7.74. The molecular formula is C21H27N3O2. The fourth-order valence-electron chi connectivity index (χ4n) is 4.71. The summed E-state index contributed by atoms with van der Waals surface area (Å²) < 4.78 is 11.7. The van der Waals surface area contributed by atoms with Crippen molar-refractivity contribution in [3.63, 3.8) is 0 Å². The molecule has 0 radical (unpaired) electrons. The molecule has 2 aliphatic carbocycles. The van der Waals surface area contributed by atoms with Crippen molar-refractivity contribution < 1.29 is 9.26 Å². The summed E-state index contributed by atoms with van der Waals surface area (Å²) >= 11 is 0. The van der Waals surface area contributed by atoms with Crippen LogP contribution in [0.5, 0.6) is 5.75 Å². The third kappa shape index (κ3) is 3.13. The van der Waals surface area contributed by atoms with Crippen molar-refractivity contribution in [2.75, 3.05) is 13.1 Å². The number of nitrogens with zero attached hydrogens (tertiary/aromatic N) is 2. The van der Waals surface area contributed by atoms with Crippen molar-refractivity contribution in [3.8, 4) is 17.1 Å². The van der Waals surface area contributed by atoms with E-state index in [-0.39, 0.29) is 0 Å². The van der Waals surface area contributed by atoms with E-state index in [1.807, 2.05) is 24.3 Å². The largest absolute Gasteiger partial charge is 0.490 e. The Kier molecular flexibility index (Phi) is 4.20. The van der Waals surface area contributed by atoms with Crippen LogP contribution >= 0.6 is 0 Å². The van der Waals surface area contributed by atoms with Gasteiger partial charge in [-0.3, -0.25) is 0 Å². The molecule has 5 rings (SSSR count). The maximum Gasteiger partial charge on any atom is 0.230 e. The summed E-state index contributed by atoms with van der Waals surface area (Å²) in [6, 6.07) is 8.14. The van der Waals surface area contributed by atoms with E-state index >= 15 is 0 Å². The van der Waals surface area contributed by atoms with Crippen LogP contribution in [0.25, 0.3) is 11.4 Å². The Morgan fingerprint density at radius 1 is 1.08 bits per heavy atom. The number of rotatable bonds is 4. The van der Waals surface area contributed by atoms with Gasteiger partial charge in [-0.1, -0.05) is 11.6 Å². The highest BCUT2D eigenvalue weighted by molar-refractivity contribution is 5.55. The van der Waals surface area contributed by atoms with Gasteiger partial charge in [0.2, 0.25) is 11.7 Å². The SMILES string of the molecule is c1cc(-c2noc(C3CC34CCCNC4)n2)ccc1OC1CCCCC1. The molecule has 3 aliphatic rings. The predicted molar refractivity (Wildman–Crippen MR) is 99.1 cm³/mol. The molecule has 2 heterocycles. The maximum absolute atomic E-state index is 6.10. The Balaban J connectivity index is 1.25. The number of ether oxygens (including phenoxy) is 1. The first-order chi connectivity index (χ1) is 12.8. The minimum absolute atomic E-state index is 0.375. The zero-order chi connectivity index (χ0) is 17.4. The zero-order valence-corrected chi connectivity index (χ0v) is 15.2. The Morgan fingerprint density at radius 3 is 2.69 bits per heavy atom. The Hall–Kier alpha value is -1.88. The lowest BCUT2D eigenvalue weighted by molar-refractivity contribution is 0.155. The topological polar surface area (TPSA) is 60.2 Å². The van der Waals surface area contributed by atoms with Crippen LogP contribution in [0.15, 0.2) is 28.8 Å². The highest BCUT2D eigenvalue weighted by Gasteiger charge is 2.57. The lowest BCUT2D eigenvalue weighted by atomic mass is 9.94. The van der Waals surface area contributed by atoms with Gasteiger partial charge in [-0.25, -0.2) is 0 Å². The second-order valence-corrected chi connectivity index (χ2v) is 8.26. The van der Waals surface area contributed by atoms with E-state index in [1.165, 1.54) is 51.4 Å². The molecule has 1 aliphatic heterocycles. The van der Waals surface area contributed by atoms with Crippen molar-refractivity contribution in [2.45, 2.75) is 63.4 Å². The smallest absolute Gasteiger partial charge is 0.230 e. The molecule has 1 spiro atoms. The minimum Gasteiger partial charge on any atom is -0.490 e. The Bertz CT molecular complexity index is 743. The quantitative estimate of drug-likeness (QED) is 0.888. The molecular weight excluding hydrogens is 326 g/mol. The molecule has 2 saturated carbocycles. The van der Waals surface area contributed by atoms with Crippen LogP contribution in [-0.2, 0) is 0 Å². The highest BCUT2D eigenvalue weighted by atomic mass is 16.5. The van der Waals surface area contributed by atoms with Crippen LogP contribution in [0, 0.1) is 5.41 Å². The monoisotopic (exact) mass is 353 g/mol. The number of aromatic nitrogens is 2. The van der Waals surface area contributed by atoms with E-state index in [9.17, 15) is 0 Å². The molecule has 138 valence electrons. The summed E-state index contributed by atoms with van der Waals surface area (Å²) in [5.74, 6) is 2.88. The molecule has 5 heteroatoms. The first kappa shape index (κ1) is 16.3. The van der Waals surface area contributed by atoms with E-state index in [2.05, 4.69) is 10.5 Å². The number of piperidine rings is 1. The highest BCUT2D eigenvalue weighted by Crippen LogP contribution is 2.62. The molecule has 1 aromatic heterocycles. The number of hydrogen-bond donors (Lipinski definition) is 1. The van der Waals surface area contributed by atoms with Gasteiger partial charge in [0.05, 0.1) is 6.10 Å². The van der Waals surface area contributed by atoms with Crippen LogP contribution < -0.4 is 10.1 Å².